The molecule has 0 aliphatic carbocycles. The molecular formula is C21H18ClN3O4. The summed E-state index contributed by atoms with van der Waals surface area (Å²) in [6.07, 6.45) is 1.41. The Hall–Kier alpha value is -3.45. The molecule has 7 nitrogen and oxygen atoms in total. The summed E-state index contributed by atoms with van der Waals surface area (Å²) < 4.78 is 1.12. The van der Waals surface area contributed by atoms with E-state index < -0.39 is 23.5 Å². The Morgan fingerprint density at radius 2 is 1.79 bits per heavy atom. The maximum atomic E-state index is 12.3. The zero-order valence-electron chi connectivity index (χ0n) is 15.3. The van der Waals surface area contributed by atoms with Gasteiger partial charge in [0.2, 0.25) is 5.91 Å². The number of carbonyl (C=O) groups is 2. The Labute approximate surface area is 171 Å². The van der Waals surface area contributed by atoms with Crippen LogP contribution < -0.4 is 10.9 Å². The standard InChI is InChI=1S/C21H18ClN3O4/c22-16-8-6-15(7-9-16)17-11-20(27)25(13-23-17)12-19(26)24-18(21(28)29)10-14-4-2-1-3-5-14/h1-9,11,13,18H,10,12H2,(H,24,26)(H,28,29). The second kappa shape index (κ2) is 9.16. The average Bonchev–Trinajstić information content (AvgIpc) is 2.70. The number of halogens is 1. The van der Waals surface area contributed by atoms with Crippen LogP contribution in [0.2, 0.25) is 5.02 Å². The first-order valence-corrected chi connectivity index (χ1v) is 9.18. The molecule has 2 N–H and O–H groups in total. The van der Waals surface area contributed by atoms with Crippen LogP contribution in [0.4, 0.5) is 0 Å². The molecule has 148 valence electrons. The van der Waals surface area contributed by atoms with Crippen molar-refractivity contribution >= 4 is 23.5 Å². The number of hydrogen-bond donors (Lipinski definition) is 2. The van der Waals surface area contributed by atoms with E-state index in [1.165, 1.54) is 12.4 Å². The van der Waals surface area contributed by atoms with Crippen molar-refractivity contribution in [1.82, 2.24) is 14.9 Å². The molecule has 29 heavy (non-hydrogen) atoms. The van der Waals surface area contributed by atoms with Crippen LogP contribution in [0.5, 0.6) is 0 Å². The number of nitrogens with one attached hydrogen (secondary N) is 1. The molecule has 1 atom stereocenters. The van der Waals surface area contributed by atoms with Crippen LogP contribution in [-0.4, -0.2) is 32.6 Å². The maximum Gasteiger partial charge on any atom is 0.326 e. The number of aromatic nitrogens is 2. The summed E-state index contributed by atoms with van der Waals surface area (Å²) in [6, 6.07) is 16.1. The summed E-state index contributed by atoms with van der Waals surface area (Å²) in [5.41, 5.74) is 1.54. The van der Waals surface area contributed by atoms with Gasteiger partial charge in [-0.3, -0.25) is 14.2 Å². The highest BCUT2D eigenvalue weighted by Crippen LogP contribution is 2.17. The third kappa shape index (κ3) is 5.52. The quantitative estimate of drug-likeness (QED) is 0.621. The van der Waals surface area contributed by atoms with Gasteiger partial charge >= 0.3 is 5.97 Å². The number of carboxylic acid groups (broad SMARTS) is 1. The lowest BCUT2D eigenvalue weighted by Crippen LogP contribution is -2.44. The summed E-state index contributed by atoms with van der Waals surface area (Å²) in [4.78, 5) is 40.3. The minimum Gasteiger partial charge on any atom is -0.480 e. The normalized spacial score (nSPS) is 11.6. The lowest BCUT2D eigenvalue weighted by Gasteiger charge is -2.15. The highest BCUT2D eigenvalue weighted by Gasteiger charge is 2.20. The molecular weight excluding hydrogens is 394 g/mol. The zero-order chi connectivity index (χ0) is 20.8. The third-order valence-corrected chi connectivity index (χ3v) is 4.50. The number of amides is 1. The molecule has 0 fully saturated rings. The van der Waals surface area contributed by atoms with Gasteiger partial charge in [-0.25, -0.2) is 9.78 Å². The van der Waals surface area contributed by atoms with E-state index in [-0.39, 0.29) is 13.0 Å². The van der Waals surface area contributed by atoms with E-state index in [1.54, 1.807) is 48.5 Å². The molecule has 0 saturated carbocycles. The first-order chi connectivity index (χ1) is 13.9. The van der Waals surface area contributed by atoms with Gasteiger partial charge in [0.25, 0.3) is 5.56 Å². The number of rotatable bonds is 7. The molecule has 0 spiro atoms. The summed E-state index contributed by atoms with van der Waals surface area (Å²) in [6.45, 7) is -0.328. The van der Waals surface area contributed by atoms with E-state index in [1.807, 2.05) is 6.07 Å². The maximum absolute atomic E-state index is 12.3. The van der Waals surface area contributed by atoms with Gasteiger partial charge in [-0.05, 0) is 17.7 Å². The topological polar surface area (TPSA) is 101 Å². The molecule has 0 aliphatic heterocycles. The van der Waals surface area contributed by atoms with E-state index in [9.17, 15) is 19.5 Å². The molecule has 0 radical (unpaired) electrons. The van der Waals surface area contributed by atoms with Gasteiger partial charge in [-0.2, -0.15) is 0 Å². The first kappa shape index (κ1) is 20.3. The van der Waals surface area contributed by atoms with E-state index in [2.05, 4.69) is 10.3 Å². The molecule has 3 rings (SSSR count). The van der Waals surface area contributed by atoms with Crippen molar-refractivity contribution in [2.24, 2.45) is 0 Å². The summed E-state index contributed by atoms with van der Waals surface area (Å²) in [7, 11) is 0. The SMILES string of the molecule is O=C(Cn1cnc(-c2ccc(Cl)cc2)cc1=O)NC(Cc1ccccc1)C(=O)O. The monoisotopic (exact) mass is 411 g/mol. The molecule has 1 unspecified atom stereocenters. The number of carbonyl (C=O) groups excluding carboxylic acids is 1. The Balaban J connectivity index is 1.68. The predicted octanol–water partition coefficient (Wildman–Crippen LogP) is 2.38. The molecule has 1 amide bonds. The van der Waals surface area contributed by atoms with Gasteiger partial charge in [0, 0.05) is 23.1 Å². The van der Waals surface area contributed by atoms with Crippen molar-refractivity contribution < 1.29 is 14.7 Å². The molecule has 1 heterocycles. The molecule has 3 aromatic rings. The predicted molar refractivity (Wildman–Crippen MR) is 109 cm³/mol. The van der Waals surface area contributed by atoms with Gasteiger partial charge < -0.3 is 10.4 Å². The number of nitrogens with zero attached hydrogens (tertiary/aromatic N) is 2. The van der Waals surface area contributed by atoms with Gasteiger partial charge in [0.05, 0.1) is 12.0 Å². The van der Waals surface area contributed by atoms with Crippen molar-refractivity contribution in [1.29, 1.82) is 0 Å². The lowest BCUT2D eigenvalue weighted by atomic mass is 10.1. The van der Waals surface area contributed by atoms with Gasteiger partial charge in [0.1, 0.15) is 12.6 Å². The molecule has 8 heteroatoms. The molecule has 2 aromatic carbocycles. The molecule has 0 saturated heterocycles. The fraction of sp³-hybridized carbons (Fsp3) is 0.143. The van der Waals surface area contributed by atoms with Crippen LogP contribution >= 0.6 is 11.6 Å². The van der Waals surface area contributed by atoms with Crippen LogP contribution in [0.3, 0.4) is 0 Å². The number of hydrogen-bond acceptors (Lipinski definition) is 4. The molecule has 0 bridgehead atoms. The Bertz CT molecular complexity index is 1070. The van der Waals surface area contributed by atoms with Crippen LogP contribution in [-0.2, 0) is 22.6 Å². The van der Waals surface area contributed by atoms with E-state index in [0.717, 1.165) is 15.7 Å². The molecule has 0 aliphatic rings. The fourth-order valence-electron chi connectivity index (χ4n) is 2.77. The van der Waals surface area contributed by atoms with E-state index >= 15 is 0 Å². The van der Waals surface area contributed by atoms with Crippen molar-refractivity contribution in [3.8, 4) is 11.3 Å². The van der Waals surface area contributed by atoms with E-state index in [4.69, 9.17) is 11.6 Å². The van der Waals surface area contributed by atoms with Gasteiger partial charge in [-0.1, -0.05) is 54.1 Å². The molecule has 1 aromatic heterocycles. The highest BCUT2D eigenvalue weighted by atomic mass is 35.5. The second-order valence-electron chi connectivity index (χ2n) is 6.40. The number of aliphatic carboxylic acids is 1. The zero-order valence-corrected chi connectivity index (χ0v) is 16.0. The van der Waals surface area contributed by atoms with Crippen LogP contribution in [0, 0.1) is 0 Å². The Kier molecular flexibility index (Phi) is 6.41. The van der Waals surface area contributed by atoms with Crippen LogP contribution in [0.1, 0.15) is 5.56 Å². The minimum absolute atomic E-state index is 0.143. The van der Waals surface area contributed by atoms with Crippen molar-refractivity contribution in [3.05, 3.63) is 87.9 Å². The summed E-state index contributed by atoms with van der Waals surface area (Å²) >= 11 is 5.86. The average molecular weight is 412 g/mol. The van der Waals surface area contributed by atoms with Crippen LogP contribution in [0.25, 0.3) is 11.3 Å². The Morgan fingerprint density at radius 1 is 1.10 bits per heavy atom. The second-order valence-corrected chi connectivity index (χ2v) is 6.83. The highest BCUT2D eigenvalue weighted by molar-refractivity contribution is 6.30. The van der Waals surface area contributed by atoms with Gasteiger partial charge in [-0.15, -0.1) is 0 Å². The number of carboxylic acids is 1. The van der Waals surface area contributed by atoms with Crippen molar-refractivity contribution in [3.63, 3.8) is 0 Å². The van der Waals surface area contributed by atoms with Gasteiger partial charge in [0.15, 0.2) is 0 Å². The summed E-state index contributed by atoms with van der Waals surface area (Å²) in [5, 5.41) is 12.4. The number of benzene rings is 2. The third-order valence-electron chi connectivity index (χ3n) is 4.25. The fourth-order valence-corrected chi connectivity index (χ4v) is 2.89. The van der Waals surface area contributed by atoms with E-state index in [0.29, 0.717) is 10.7 Å². The smallest absolute Gasteiger partial charge is 0.326 e. The minimum atomic E-state index is -1.15. The lowest BCUT2D eigenvalue weighted by molar-refractivity contribution is -0.141. The first-order valence-electron chi connectivity index (χ1n) is 8.81. The largest absolute Gasteiger partial charge is 0.480 e. The van der Waals surface area contributed by atoms with Crippen LogP contribution in [0.15, 0.2) is 71.8 Å². The van der Waals surface area contributed by atoms with Crippen molar-refractivity contribution in [2.45, 2.75) is 19.0 Å². The summed E-state index contributed by atoms with van der Waals surface area (Å²) in [5.74, 6) is -1.73. The van der Waals surface area contributed by atoms with Crippen molar-refractivity contribution in [2.75, 3.05) is 0 Å². The Morgan fingerprint density at radius 3 is 2.41 bits per heavy atom.